The molecular formula is C17H15F3N4O5S. The van der Waals surface area contributed by atoms with E-state index in [1.54, 1.807) is 0 Å². The lowest BCUT2D eigenvalue weighted by atomic mass is 10.1. The van der Waals surface area contributed by atoms with Gasteiger partial charge in [-0.25, -0.2) is 13.4 Å². The van der Waals surface area contributed by atoms with Gasteiger partial charge < -0.3 is 20.0 Å². The first kappa shape index (κ1) is 21.5. The van der Waals surface area contributed by atoms with E-state index in [0.717, 1.165) is 36.5 Å². The Morgan fingerprint density at radius 2 is 1.73 bits per heavy atom. The fourth-order valence-electron chi connectivity index (χ4n) is 2.31. The molecule has 3 N–H and O–H groups in total. The highest BCUT2D eigenvalue weighted by atomic mass is 32.2. The van der Waals surface area contributed by atoms with Crippen LogP contribution in [0.4, 0.5) is 18.9 Å². The van der Waals surface area contributed by atoms with E-state index in [4.69, 9.17) is 10.2 Å². The summed E-state index contributed by atoms with van der Waals surface area (Å²) in [5.74, 6) is -0.771. The topological polar surface area (TPSA) is 141 Å². The van der Waals surface area contributed by atoms with Gasteiger partial charge in [0.2, 0.25) is 15.7 Å². The zero-order valence-corrected chi connectivity index (χ0v) is 16.3. The number of ether oxygens (including phenoxy) is 1. The molecule has 0 saturated heterocycles. The largest absolute Gasteiger partial charge is 0.573 e. The van der Waals surface area contributed by atoms with Gasteiger partial charge in [-0.3, -0.25) is 0 Å². The summed E-state index contributed by atoms with van der Waals surface area (Å²) in [5.41, 5.74) is 4.39. The molecule has 0 atom stereocenters. The second kappa shape index (κ2) is 7.25. The predicted molar refractivity (Wildman–Crippen MR) is 95.8 cm³/mol. The Morgan fingerprint density at radius 1 is 1.10 bits per heavy atom. The average molecular weight is 444 g/mol. The Labute approximate surface area is 168 Å². The molecule has 9 nitrogen and oxygen atoms in total. The van der Waals surface area contributed by atoms with Crippen LogP contribution in [0.1, 0.15) is 19.7 Å². The van der Waals surface area contributed by atoms with Crippen LogP contribution in [-0.2, 0) is 15.4 Å². The molecule has 0 saturated carbocycles. The zero-order chi connectivity index (χ0) is 22.3. The smallest absolute Gasteiger partial charge is 0.416 e. The van der Waals surface area contributed by atoms with Crippen molar-refractivity contribution in [2.75, 3.05) is 5.73 Å². The third kappa shape index (κ3) is 4.52. The monoisotopic (exact) mass is 444 g/mol. The van der Waals surface area contributed by atoms with Gasteiger partial charge in [0.15, 0.2) is 5.69 Å². The van der Waals surface area contributed by atoms with Crippen molar-refractivity contribution in [2.24, 2.45) is 0 Å². The summed E-state index contributed by atoms with van der Waals surface area (Å²) in [6.07, 6.45) is -3.90. The van der Waals surface area contributed by atoms with Crippen molar-refractivity contribution in [3.05, 3.63) is 42.4 Å². The minimum atomic E-state index is -4.89. The fraction of sp³-hybridized carbons (Fsp3) is 0.235. The van der Waals surface area contributed by atoms with E-state index in [1.165, 1.54) is 13.8 Å². The first-order chi connectivity index (χ1) is 13.8. The van der Waals surface area contributed by atoms with E-state index in [9.17, 15) is 26.7 Å². The number of pyridine rings is 1. The second-order valence-corrected chi connectivity index (χ2v) is 8.55. The lowest BCUT2D eigenvalue weighted by molar-refractivity contribution is -0.274. The van der Waals surface area contributed by atoms with Crippen molar-refractivity contribution in [3.63, 3.8) is 0 Å². The molecule has 0 bridgehead atoms. The standard InChI is InChI=1S/C17H15F3N4O5S/c1-16(2,25)15-24-23-14(28-15)13-12(21)7-11(8-22-13)30(26,27)10-5-3-9(4-6-10)29-17(18,19)20/h3-8,25H,21H2,1-2H3. The van der Waals surface area contributed by atoms with Crippen LogP contribution in [-0.4, -0.2) is 35.1 Å². The molecule has 1 aromatic carbocycles. The van der Waals surface area contributed by atoms with Crippen LogP contribution in [0.15, 0.2) is 50.7 Å². The van der Waals surface area contributed by atoms with Crippen molar-refractivity contribution in [2.45, 2.75) is 35.6 Å². The lowest BCUT2D eigenvalue weighted by Crippen LogP contribution is -2.17. The third-order valence-electron chi connectivity index (χ3n) is 3.72. The summed E-state index contributed by atoms with van der Waals surface area (Å²) < 4.78 is 71.2. The molecule has 0 spiro atoms. The predicted octanol–water partition coefficient (Wildman–Crippen LogP) is 2.67. The van der Waals surface area contributed by atoms with Crippen LogP contribution in [0.25, 0.3) is 11.6 Å². The molecule has 0 radical (unpaired) electrons. The maximum atomic E-state index is 12.7. The van der Waals surface area contributed by atoms with E-state index in [-0.39, 0.29) is 33.0 Å². The maximum Gasteiger partial charge on any atom is 0.573 e. The number of aromatic nitrogens is 3. The molecule has 13 heteroatoms. The molecule has 160 valence electrons. The molecule has 0 aliphatic heterocycles. The van der Waals surface area contributed by atoms with Crippen molar-refractivity contribution in [1.82, 2.24) is 15.2 Å². The van der Waals surface area contributed by atoms with E-state index < -0.39 is 27.6 Å². The minimum absolute atomic E-state index is 0.00544. The molecule has 3 aromatic rings. The van der Waals surface area contributed by atoms with Crippen molar-refractivity contribution >= 4 is 15.5 Å². The number of nitrogen functional groups attached to an aromatic ring is 1. The van der Waals surface area contributed by atoms with Crippen LogP contribution in [0, 0.1) is 0 Å². The van der Waals surface area contributed by atoms with Gasteiger partial charge >= 0.3 is 6.36 Å². The molecule has 0 fully saturated rings. The van der Waals surface area contributed by atoms with Crippen molar-refractivity contribution < 1.29 is 35.8 Å². The zero-order valence-electron chi connectivity index (χ0n) is 15.5. The van der Waals surface area contributed by atoms with Crippen LogP contribution in [0.5, 0.6) is 5.75 Å². The van der Waals surface area contributed by atoms with Crippen LogP contribution in [0.3, 0.4) is 0 Å². The van der Waals surface area contributed by atoms with E-state index in [2.05, 4.69) is 19.9 Å². The number of hydrogen-bond acceptors (Lipinski definition) is 9. The average Bonchev–Trinajstić information content (AvgIpc) is 3.11. The highest BCUT2D eigenvalue weighted by Crippen LogP contribution is 2.30. The van der Waals surface area contributed by atoms with Crippen LogP contribution < -0.4 is 10.5 Å². The fourth-order valence-corrected chi connectivity index (χ4v) is 3.55. The van der Waals surface area contributed by atoms with Gasteiger partial charge in [0.05, 0.1) is 15.5 Å². The van der Waals surface area contributed by atoms with E-state index in [1.807, 2.05) is 0 Å². The van der Waals surface area contributed by atoms with Crippen molar-refractivity contribution in [1.29, 1.82) is 0 Å². The Hall–Kier alpha value is -3.19. The number of rotatable bonds is 5. The quantitative estimate of drug-likeness (QED) is 0.607. The van der Waals surface area contributed by atoms with E-state index >= 15 is 0 Å². The lowest BCUT2D eigenvalue weighted by Gasteiger charge is -2.11. The van der Waals surface area contributed by atoms with Gasteiger partial charge in [-0.15, -0.1) is 23.4 Å². The summed E-state index contributed by atoms with van der Waals surface area (Å²) in [6.45, 7) is 2.86. The first-order valence-corrected chi connectivity index (χ1v) is 9.69. The number of benzene rings is 1. The van der Waals surface area contributed by atoms with Gasteiger partial charge in [-0.2, -0.15) is 0 Å². The number of nitrogens with two attached hydrogens (primary N) is 1. The molecule has 0 aliphatic rings. The van der Waals surface area contributed by atoms with E-state index in [0.29, 0.717) is 0 Å². The second-order valence-electron chi connectivity index (χ2n) is 6.60. The van der Waals surface area contributed by atoms with Crippen LogP contribution >= 0.6 is 0 Å². The Balaban J connectivity index is 1.91. The third-order valence-corrected chi connectivity index (χ3v) is 5.46. The highest BCUT2D eigenvalue weighted by molar-refractivity contribution is 7.91. The van der Waals surface area contributed by atoms with Crippen molar-refractivity contribution in [3.8, 4) is 17.3 Å². The number of sulfone groups is 1. The number of anilines is 1. The summed E-state index contributed by atoms with van der Waals surface area (Å²) in [7, 11) is -4.12. The Bertz CT molecular complexity index is 1170. The molecule has 3 rings (SSSR count). The summed E-state index contributed by atoms with van der Waals surface area (Å²) in [4.78, 5) is 3.37. The molecule has 2 aromatic heterocycles. The molecule has 30 heavy (non-hydrogen) atoms. The summed E-state index contributed by atoms with van der Waals surface area (Å²) in [5, 5.41) is 17.3. The molecule has 0 unspecified atom stereocenters. The SMILES string of the molecule is CC(C)(O)c1nnc(-c2ncc(S(=O)(=O)c3ccc(OC(F)(F)F)cc3)cc2N)o1. The van der Waals surface area contributed by atoms with Gasteiger partial charge in [0, 0.05) is 6.20 Å². The molecule has 0 amide bonds. The van der Waals surface area contributed by atoms with Gasteiger partial charge in [0.1, 0.15) is 11.4 Å². The number of nitrogens with zero attached hydrogens (tertiary/aromatic N) is 3. The number of alkyl halides is 3. The van der Waals surface area contributed by atoms with Crippen LogP contribution in [0.2, 0.25) is 0 Å². The summed E-state index contributed by atoms with van der Waals surface area (Å²) in [6, 6.07) is 4.79. The first-order valence-electron chi connectivity index (χ1n) is 8.20. The Morgan fingerprint density at radius 3 is 2.23 bits per heavy atom. The number of hydrogen-bond donors (Lipinski definition) is 2. The van der Waals surface area contributed by atoms with Gasteiger partial charge in [-0.1, -0.05) is 0 Å². The Kier molecular flexibility index (Phi) is 5.20. The highest BCUT2D eigenvalue weighted by Gasteiger charge is 2.31. The molecule has 2 heterocycles. The van der Waals surface area contributed by atoms with Gasteiger partial charge in [0.25, 0.3) is 5.89 Å². The molecular weight excluding hydrogens is 429 g/mol. The van der Waals surface area contributed by atoms with Gasteiger partial charge in [-0.05, 0) is 44.2 Å². The normalized spacial score (nSPS) is 12.7. The summed E-state index contributed by atoms with van der Waals surface area (Å²) >= 11 is 0. The molecule has 0 aliphatic carbocycles. The maximum absolute atomic E-state index is 12.7. The minimum Gasteiger partial charge on any atom is -0.416 e. The number of halogens is 3. The number of aliphatic hydroxyl groups is 1.